The molecule has 1 aromatic heterocycles. The van der Waals surface area contributed by atoms with Gasteiger partial charge in [0.1, 0.15) is 5.69 Å². The predicted octanol–water partition coefficient (Wildman–Crippen LogP) is 2.15. The van der Waals surface area contributed by atoms with E-state index in [-0.39, 0.29) is 12.2 Å². The SMILES string of the molecule is C[C@H](Cn1ncc(I)c1C(F)F)C(=O)O. The summed E-state index contributed by atoms with van der Waals surface area (Å²) in [6.45, 7) is 1.41. The fourth-order valence-electron chi connectivity index (χ4n) is 1.07. The number of halogens is 3. The first-order chi connectivity index (χ1) is 6.93. The van der Waals surface area contributed by atoms with Crippen LogP contribution in [-0.2, 0) is 11.3 Å². The molecule has 1 atom stereocenters. The molecule has 0 bridgehead atoms. The van der Waals surface area contributed by atoms with Crippen molar-refractivity contribution in [2.45, 2.75) is 19.9 Å². The van der Waals surface area contributed by atoms with E-state index in [1.807, 2.05) is 0 Å². The lowest BCUT2D eigenvalue weighted by molar-refractivity contribution is -0.141. The Labute approximate surface area is 98.4 Å². The van der Waals surface area contributed by atoms with E-state index in [4.69, 9.17) is 5.11 Å². The first kappa shape index (κ1) is 12.3. The monoisotopic (exact) mass is 330 g/mol. The summed E-state index contributed by atoms with van der Waals surface area (Å²) in [5.74, 6) is -1.76. The van der Waals surface area contributed by atoms with Crippen molar-refractivity contribution in [3.8, 4) is 0 Å². The lowest BCUT2D eigenvalue weighted by Gasteiger charge is -2.09. The number of carboxylic acid groups (broad SMARTS) is 1. The summed E-state index contributed by atoms with van der Waals surface area (Å²) in [7, 11) is 0. The smallest absolute Gasteiger partial charge is 0.308 e. The normalized spacial score (nSPS) is 13.1. The van der Waals surface area contributed by atoms with Gasteiger partial charge in [0.25, 0.3) is 6.43 Å². The van der Waals surface area contributed by atoms with Crippen molar-refractivity contribution in [1.82, 2.24) is 9.78 Å². The van der Waals surface area contributed by atoms with Crippen molar-refractivity contribution in [2.75, 3.05) is 0 Å². The average Bonchev–Trinajstić information content (AvgIpc) is 2.46. The highest BCUT2D eigenvalue weighted by Crippen LogP contribution is 2.24. The van der Waals surface area contributed by atoms with E-state index in [9.17, 15) is 13.6 Å². The van der Waals surface area contributed by atoms with Crippen molar-refractivity contribution >= 4 is 28.6 Å². The molecule has 0 aliphatic heterocycles. The zero-order chi connectivity index (χ0) is 11.6. The second kappa shape index (κ2) is 4.86. The number of aliphatic carboxylic acids is 1. The molecular weight excluding hydrogens is 321 g/mol. The Bertz CT molecular complexity index is 368. The van der Waals surface area contributed by atoms with E-state index in [0.29, 0.717) is 3.57 Å². The molecule has 0 fully saturated rings. The van der Waals surface area contributed by atoms with Crippen LogP contribution in [0.15, 0.2) is 6.20 Å². The fraction of sp³-hybridized carbons (Fsp3) is 0.500. The van der Waals surface area contributed by atoms with Gasteiger partial charge in [0.15, 0.2) is 0 Å². The Balaban J connectivity index is 2.90. The second-order valence-corrected chi connectivity index (χ2v) is 4.26. The van der Waals surface area contributed by atoms with Gasteiger partial charge in [0.05, 0.1) is 22.2 Å². The molecule has 1 heterocycles. The molecule has 1 rings (SSSR count). The third kappa shape index (κ3) is 2.86. The Morgan fingerprint density at radius 3 is 2.80 bits per heavy atom. The molecule has 0 unspecified atom stereocenters. The molecule has 4 nitrogen and oxygen atoms in total. The summed E-state index contributed by atoms with van der Waals surface area (Å²) < 4.78 is 26.5. The van der Waals surface area contributed by atoms with Gasteiger partial charge in [-0.1, -0.05) is 6.92 Å². The van der Waals surface area contributed by atoms with Gasteiger partial charge in [-0.25, -0.2) is 8.78 Å². The Kier molecular flexibility index (Phi) is 4.00. The van der Waals surface area contributed by atoms with Gasteiger partial charge in [-0.3, -0.25) is 9.48 Å². The summed E-state index contributed by atoms with van der Waals surface area (Å²) in [5.41, 5.74) is -0.219. The average molecular weight is 330 g/mol. The number of aromatic nitrogens is 2. The van der Waals surface area contributed by atoms with Gasteiger partial charge in [-0.15, -0.1) is 0 Å². The zero-order valence-electron chi connectivity index (χ0n) is 7.82. The molecule has 7 heteroatoms. The molecule has 0 saturated carbocycles. The van der Waals surface area contributed by atoms with E-state index in [0.717, 1.165) is 4.68 Å². The molecule has 0 spiro atoms. The number of carboxylic acids is 1. The molecule has 84 valence electrons. The molecule has 0 saturated heterocycles. The number of hydrogen-bond donors (Lipinski definition) is 1. The molecule has 0 aliphatic carbocycles. The van der Waals surface area contributed by atoms with Crippen LogP contribution in [0.2, 0.25) is 0 Å². The van der Waals surface area contributed by atoms with Crippen LogP contribution >= 0.6 is 22.6 Å². The summed E-state index contributed by atoms with van der Waals surface area (Å²) in [4.78, 5) is 10.6. The van der Waals surface area contributed by atoms with Gasteiger partial charge in [-0.05, 0) is 22.6 Å². The highest BCUT2D eigenvalue weighted by molar-refractivity contribution is 14.1. The van der Waals surface area contributed by atoms with Crippen molar-refractivity contribution in [3.05, 3.63) is 15.5 Å². The number of rotatable bonds is 4. The Morgan fingerprint density at radius 1 is 1.73 bits per heavy atom. The van der Waals surface area contributed by atoms with Crippen LogP contribution in [0.4, 0.5) is 8.78 Å². The lowest BCUT2D eigenvalue weighted by atomic mass is 10.2. The molecule has 0 radical (unpaired) electrons. The minimum Gasteiger partial charge on any atom is -0.481 e. The predicted molar refractivity (Wildman–Crippen MR) is 56.7 cm³/mol. The molecule has 15 heavy (non-hydrogen) atoms. The number of hydrogen-bond acceptors (Lipinski definition) is 2. The quantitative estimate of drug-likeness (QED) is 0.861. The van der Waals surface area contributed by atoms with Crippen molar-refractivity contribution in [1.29, 1.82) is 0 Å². The van der Waals surface area contributed by atoms with E-state index in [1.54, 1.807) is 22.6 Å². The van der Waals surface area contributed by atoms with E-state index in [1.165, 1.54) is 13.1 Å². The first-order valence-corrected chi connectivity index (χ1v) is 5.23. The van der Waals surface area contributed by atoms with Crippen molar-refractivity contribution in [3.63, 3.8) is 0 Å². The Morgan fingerprint density at radius 2 is 2.33 bits per heavy atom. The van der Waals surface area contributed by atoms with E-state index < -0.39 is 18.3 Å². The van der Waals surface area contributed by atoms with Gasteiger partial charge in [0, 0.05) is 0 Å². The highest BCUT2D eigenvalue weighted by atomic mass is 127. The highest BCUT2D eigenvalue weighted by Gasteiger charge is 2.21. The van der Waals surface area contributed by atoms with Crippen LogP contribution in [0.25, 0.3) is 0 Å². The van der Waals surface area contributed by atoms with Gasteiger partial charge >= 0.3 is 5.97 Å². The second-order valence-electron chi connectivity index (χ2n) is 3.10. The molecule has 1 aromatic rings. The molecule has 1 N–H and O–H groups in total. The largest absolute Gasteiger partial charge is 0.481 e. The minimum absolute atomic E-state index is 0.0436. The van der Waals surface area contributed by atoms with Crippen LogP contribution in [0.5, 0.6) is 0 Å². The molecule has 0 aliphatic rings. The van der Waals surface area contributed by atoms with Crippen LogP contribution in [0.1, 0.15) is 19.0 Å². The third-order valence-electron chi connectivity index (χ3n) is 1.91. The topological polar surface area (TPSA) is 55.1 Å². The third-order valence-corrected chi connectivity index (χ3v) is 2.74. The first-order valence-electron chi connectivity index (χ1n) is 4.15. The zero-order valence-corrected chi connectivity index (χ0v) is 9.98. The summed E-state index contributed by atoms with van der Waals surface area (Å²) in [6, 6.07) is 0. The van der Waals surface area contributed by atoms with Crippen LogP contribution in [0, 0.1) is 9.49 Å². The maximum atomic E-state index is 12.6. The maximum Gasteiger partial charge on any atom is 0.308 e. The van der Waals surface area contributed by atoms with Crippen LogP contribution in [-0.4, -0.2) is 20.9 Å². The fourth-order valence-corrected chi connectivity index (χ4v) is 1.71. The molecular formula is C8H9F2IN2O2. The molecule has 0 amide bonds. The van der Waals surface area contributed by atoms with Gasteiger partial charge in [-0.2, -0.15) is 5.10 Å². The maximum absolute atomic E-state index is 12.6. The van der Waals surface area contributed by atoms with Crippen molar-refractivity contribution < 1.29 is 18.7 Å². The van der Waals surface area contributed by atoms with E-state index in [2.05, 4.69) is 5.10 Å². The summed E-state index contributed by atoms with van der Waals surface area (Å²) in [6.07, 6.45) is -1.34. The lowest BCUT2D eigenvalue weighted by Crippen LogP contribution is -2.19. The number of alkyl halides is 2. The Hall–Kier alpha value is -0.730. The summed E-state index contributed by atoms with van der Waals surface area (Å²) >= 11 is 1.75. The van der Waals surface area contributed by atoms with Gasteiger partial charge < -0.3 is 5.11 Å². The number of carbonyl (C=O) groups is 1. The summed E-state index contributed by atoms with van der Waals surface area (Å²) in [5, 5.41) is 12.4. The van der Waals surface area contributed by atoms with Gasteiger partial charge in [0.2, 0.25) is 0 Å². The minimum atomic E-state index is -2.64. The number of nitrogens with zero attached hydrogens (tertiary/aromatic N) is 2. The standard InChI is InChI=1S/C8H9F2IN2O2/c1-4(8(14)15)3-13-6(7(9)10)5(11)2-12-13/h2,4,7H,3H2,1H3,(H,14,15)/t4-/m1/s1. The van der Waals surface area contributed by atoms with Crippen LogP contribution < -0.4 is 0 Å². The van der Waals surface area contributed by atoms with Crippen LogP contribution in [0.3, 0.4) is 0 Å². The van der Waals surface area contributed by atoms with E-state index >= 15 is 0 Å². The van der Waals surface area contributed by atoms with Crippen molar-refractivity contribution in [2.24, 2.45) is 5.92 Å². The molecule has 0 aromatic carbocycles.